The molecule has 3 heteroatoms. The standard InChI is InChI=1S/C18H28N2O/c1-14-8-11-16(12-9-14)20(2)18(21)17(19)13-10-15-6-4-3-5-7-15/h3-7,14,16-17H,8-13,19H2,1-2H3/t14?,16?,17-/m0/s1. The van der Waals surface area contributed by atoms with Crippen LogP contribution in [0.4, 0.5) is 0 Å². The number of carbonyl (C=O) groups excluding carboxylic acids is 1. The predicted octanol–water partition coefficient (Wildman–Crippen LogP) is 2.98. The lowest BCUT2D eigenvalue weighted by molar-refractivity contribution is -0.134. The van der Waals surface area contributed by atoms with Gasteiger partial charge in [0.05, 0.1) is 6.04 Å². The molecule has 1 aliphatic carbocycles. The first-order valence-corrected chi connectivity index (χ1v) is 8.14. The number of nitrogens with two attached hydrogens (primary N) is 1. The first-order valence-electron chi connectivity index (χ1n) is 8.14. The van der Waals surface area contributed by atoms with Crippen LogP contribution >= 0.6 is 0 Å². The molecule has 3 nitrogen and oxygen atoms in total. The van der Waals surface area contributed by atoms with E-state index in [1.807, 2.05) is 30.1 Å². The van der Waals surface area contributed by atoms with Crippen molar-refractivity contribution in [3.63, 3.8) is 0 Å². The van der Waals surface area contributed by atoms with Crippen molar-refractivity contribution < 1.29 is 4.79 Å². The Labute approximate surface area is 128 Å². The molecule has 1 saturated carbocycles. The molecule has 1 aromatic carbocycles. The van der Waals surface area contributed by atoms with Gasteiger partial charge in [-0.25, -0.2) is 0 Å². The van der Waals surface area contributed by atoms with Gasteiger partial charge in [0.2, 0.25) is 5.91 Å². The molecule has 0 heterocycles. The van der Waals surface area contributed by atoms with Crippen molar-refractivity contribution in [3.05, 3.63) is 35.9 Å². The Hall–Kier alpha value is -1.35. The van der Waals surface area contributed by atoms with Crippen LogP contribution < -0.4 is 5.73 Å². The number of amides is 1. The molecule has 1 aromatic rings. The molecule has 0 spiro atoms. The van der Waals surface area contributed by atoms with Gasteiger partial charge in [0.15, 0.2) is 0 Å². The Morgan fingerprint density at radius 3 is 2.48 bits per heavy atom. The van der Waals surface area contributed by atoms with Crippen LogP contribution in [0.5, 0.6) is 0 Å². The average molecular weight is 288 g/mol. The third-order valence-electron chi connectivity index (χ3n) is 4.78. The maximum Gasteiger partial charge on any atom is 0.239 e. The lowest BCUT2D eigenvalue weighted by atomic mass is 9.86. The van der Waals surface area contributed by atoms with Gasteiger partial charge in [-0.15, -0.1) is 0 Å². The lowest BCUT2D eigenvalue weighted by Gasteiger charge is -2.35. The highest BCUT2D eigenvalue weighted by Crippen LogP contribution is 2.26. The van der Waals surface area contributed by atoms with Crippen molar-refractivity contribution in [2.24, 2.45) is 11.7 Å². The molecule has 0 radical (unpaired) electrons. The highest BCUT2D eigenvalue weighted by atomic mass is 16.2. The summed E-state index contributed by atoms with van der Waals surface area (Å²) in [5, 5.41) is 0. The summed E-state index contributed by atoms with van der Waals surface area (Å²) in [5.74, 6) is 0.905. The first kappa shape index (κ1) is 16.0. The zero-order chi connectivity index (χ0) is 15.2. The van der Waals surface area contributed by atoms with Gasteiger partial charge in [0, 0.05) is 13.1 Å². The zero-order valence-corrected chi connectivity index (χ0v) is 13.3. The summed E-state index contributed by atoms with van der Waals surface area (Å²) < 4.78 is 0. The summed E-state index contributed by atoms with van der Waals surface area (Å²) in [4.78, 5) is 14.4. The van der Waals surface area contributed by atoms with Gasteiger partial charge in [0.25, 0.3) is 0 Å². The Kier molecular flexibility index (Phi) is 5.80. The Morgan fingerprint density at radius 1 is 1.24 bits per heavy atom. The Morgan fingerprint density at radius 2 is 1.86 bits per heavy atom. The van der Waals surface area contributed by atoms with Gasteiger partial charge in [-0.3, -0.25) is 4.79 Å². The normalized spacial score (nSPS) is 23.6. The lowest BCUT2D eigenvalue weighted by Crippen LogP contribution is -2.47. The van der Waals surface area contributed by atoms with E-state index in [1.165, 1.54) is 18.4 Å². The van der Waals surface area contributed by atoms with E-state index < -0.39 is 0 Å². The fraction of sp³-hybridized carbons (Fsp3) is 0.611. The molecule has 1 atom stereocenters. The molecular formula is C18H28N2O. The smallest absolute Gasteiger partial charge is 0.239 e. The van der Waals surface area contributed by atoms with Crippen LogP contribution in [0, 0.1) is 5.92 Å². The quantitative estimate of drug-likeness (QED) is 0.905. The van der Waals surface area contributed by atoms with E-state index in [0.717, 1.165) is 31.6 Å². The Balaban J connectivity index is 1.81. The number of hydrogen-bond acceptors (Lipinski definition) is 2. The predicted molar refractivity (Wildman–Crippen MR) is 86.9 cm³/mol. The second kappa shape index (κ2) is 7.60. The van der Waals surface area contributed by atoms with Gasteiger partial charge in [-0.2, -0.15) is 0 Å². The summed E-state index contributed by atoms with van der Waals surface area (Å²) in [5.41, 5.74) is 7.35. The minimum atomic E-state index is -0.380. The molecule has 0 bridgehead atoms. The van der Waals surface area contributed by atoms with Gasteiger partial charge in [-0.1, -0.05) is 37.3 Å². The highest BCUT2D eigenvalue weighted by Gasteiger charge is 2.27. The minimum Gasteiger partial charge on any atom is -0.341 e. The third kappa shape index (κ3) is 4.57. The summed E-state index contributed by atoms with van der Waals surface area (Å²) in [6.45, 7) is 2.30. The van der Waals surface area contributed by atoms with Crippen molar-refractivity contribution in [1.29, 1.82) is 0 Å². The highest BCUT2D eigenvalue weighted by molar-refractivity contribution is 5.81. The second-order valence-corrected chi connectivity index (χ2v) is 6.49. The van der Waals surface area contributed by atoms with Gasteiger partial charge >= 0.3 is 0 Å². The molecule has 1 aliphatic rings. The number of carbonyl (C=O) groups is 1. The van der Waals surface area contributed by atoms with Gasteiger partial charge in [-0.05, 0) is 50.0 Å². The molecule has 0 unspecified atom stereocenters. The van der Waals surface area contributed by atoms with Crippen molar-refractivity contribution in [2.45, 2.75) is 57.5 Å². The number of benzene rings is 1. The maximum absolute atomic E-state index is 12.4. The fourth-order valence-electron chi connectivity index (χ4n) is 3.16. The molecular weight excluding hydrogens is 260 g/mol. The largest absolute Gasteiger partial charge is 0.341 e. The van der Waals surface area contributed by atoms with Crippen molar-refractivity contribution >= 4 is 5.91 Å². The topological polar surface area (TPSA) is 46.3 Å². The number of nitrogens with zero attached hydrogens (tertiary/aromatic N) is 1. The zero-order valence-electron chi connectivity index (χ0n) is 13.3. The maximum atomic E-state index is 12.4. The minimum absolute atomic E-state index is 0.102. The monoisotopic (exact) mass is 288 g/mol. The molecule has 2 rings (SSSR count). The average Bonchev–Trinajstić information content (AvgIpc) is 2.53. The van der Waals surface area contributed by atoms with E-state index in [9.17, 15) is 4.79 Å². The van der Waals surface area contributed by atoms with Crippen molar-refractivity contribution in [2.75, 3.05) is 7.05 Å². The number of aryl methyl sites for hydroxylation is 1. The molecule has 21 heavy (non-hydrogen) atoms. The van der Waals surface area contributed by atoms with Crippen LogP contribution in [0.1, 0.15) is 44.6 Å². The van der Waals surface area contributed by atoms with E-state index in [0.29, 0.717) is 6.04 Å². The summed E-state index contributed by atoms with van der Waals surface area (Å²) in [6.07, 6.45) is 6.27. The second-order valence-electron chi connectivity index (χ2n) is 6.49. The van der Waals surface area contributed by atoms with Gasteiger partial charge in [0.1, 0.15) is 0 Å². The molecule has 1 fully saturated rings. The van der Waals surface area contributed by atoms with Crippen molar-refractivity contribution in [1.82, 2.24) is 4.90 Å². The van der Waals surface area contributed by atoms with Crippen molar-refractivity contribution in [3.8, 4) is 0 Å². The molecule has 116 valence electrons. The van der Waals surface area contributed by atoms with E-state index in [1.54, 1.807) is 0 Å². The van der Waals surface area contributed by atoms with E-state index >= 15 is 0 Å². The van der Waals surface area contributed by atoms with Crippen LogP contribution in [0.3, 0.4) is 0 Å². The molecule has 0 aromatic heterocycles. The van der Waals surface area contributed by atoms with Crippen LogP contribution in [0.25, 0.3) is 0 Å². The third-order valence-corrected chi connectivity index (χ3v) is 4.78. The van der Waals surface area contributed by atoms with E-state index in [2.05, 4.69) is 19.1 Å². The van der Waals surface area contributed by atoms with Crippen LogP contribution in [0.15, 0.2) is 30.3 Å². The molecule has 0 saturated heterocycles. The van der Waals surface area contributed by atoms with Gasteiger partial charge < -0.3 is 10.6 Å². The number of hydrogen-bond donors (Lipinski definition) is 1. The summed E-state index contributed by atoms with van der Waals surface area (Å²) >= 11 is 0. The number of rotatable bonds is 5. The Bertz CT molecular complexity index is 438. The SMILES string of the molecule is CC1CCC(N(C)C(=O)[C@@H](N)CCc2ccccc2)CC1. The van der Waals surface area contributed by atoms with Crippen LogP contribution in [0.2, 0.25) is 0 Å². The molecule has 2 N–H and O–H groups in total. The summed E-state index contributed by atoms with van der Waals surface area (Å²) in [7, 11) is 1.92. The van der Waals surface area contributed by atoms with Crippen LogP contribution in [-0.4, -0.2) is 29.9 Å². The fourth-order valence-corrected chi connectivity index (χ4v) is 3.16. The molecule has 1 amide bonds. The van der Waals surface area contributed by atoms with E-state index in [4.69, 9.17) is 5.73 Å². The molecule has 0 aliphatic heterocycles. The van der Waals surface area contributed by atoms with E-state index in [-0.39, 0.29) is 11.9 Å². The number of likely N-dealkylation sites (N-methyl/N-ethyl adjacent to an activating group) is 1. The van der Waals surface area contributed by atoms with Crippen LogP contribution in [-0.2, 0) is 11.2 Å². The summed E-state index contributed by atoms with van der Waals surface area (Å²) in [6, 6.07) is 10.2. The first-order chi connectivity index (χ1) is 10.1.